The molecule has 0 aliphatic carbocycles. The Balaban J connectivity index is 2.68. The Morgan fingerprint density at radius 2 is 2.17 bits per heavy atom. The second-order valence-corrected chi connectivity index (χ2v) is 7.28. The van der Waals surface area contributed by atoms with Crippen molar-refractivity contribution in [1.29, 1.82) is 0 Å². The van der Waals surface area contributed by atoms with E-state index in [2.05, 4.69) is 0 Å². The lowest BCUT2D eigenvalue weighted by Gasteiger charge is -2.41. The first-order valence-corrected chi connectivity index (χ1v) is 7.76. The number of hydrogen-bond donors (Lipinski definition) is 1. The van der Waals surface area contributed by atoms with Crippen LogP contribution in [-0.2, 0) is 19.5 Å². The van der Waals surface area contributed by atoms with E-state index in [1.807, 2.05) is 13.8 Å². The highest BCUT2D eigenvalue weighted by molar-refractivity contribution is 7.89. The fraction of sp³-hybridized carbons (Fsp3) is 1.00. The molecule has 1 atom stereocenters. The fourth-order valence-corrected chi connectivity index (χ4v) is 3.73. The zero-order valence-electron chi connectivity index (χ0n) is 11.4. The molecule has 108 valence electrons. The van der Waals surface area contributed by atoms with Crippen molar-refractivity contribution in [2.24, 2.45) is 5.73 Å². The minimum Gasteiger partial charge on any atom is -0.385 e. The first-order chi connectivity index (χ1) is 8.30. The van der Waals surface area contributed by atoms with Gasteiger partial charge in [0.2, 0.25) is 10.0 Å². The van der Waals surface area contributed by atoms with Crippen molar-refractivity contribution < 1.29 is 17.9 Å². The van der Waals surface area contributed by atoms with Crippen molar-refractivity contribution in [3.8, 4) is 0 Å². The van der Waals surface area contributed by atoms with Crippen molar-refractivity contribution in [2.75, 3.05) is 39.1 Å². The molecular weight excluding hydrogens is 256 g/mol. The van der Waals surface area contributed by atoms with Crippen LogP contribution in [0.25, 0.3) is 0 Å². The smallest absolute Gasteiger partial charge is 0.214 e. The molecule has 1 heterocycles. The van der Waals surface area contributed by atoms with Crippen LogP contribution in [0.4, 0.5) is 0 Å². The van der Waals surface area contributed by atoms with Gasteiger partial charge < -0.3 is 15.2 Å². The molecule has 0 amide bonds. The van der Waals surface area contributed by atoms with Crippen LogP contribution in [0.15, 0.2) is 0 Å². The lowest BCUT2D eigenvalue weighted by atomic mass is 10.1. The molecule has 0 spiro atoms. The van der Waals surface area contributed by atoms with E-state index < -0.39 is 15.6 Å². The van der Waals surface area contributed by atoms with Crippen LogP contribution in [0.5, 0.6) is 0 Å². The fourth-order valence-electron chi connectivity index (χ4n) is 2.09. The molecular formula is C11H24N2O4S. The Hall–Kier alpha value is -0.210. The molecule has 1 unspecified atom stereocenters. The molecule has 0 aromatic carbocycles. The molecule has 2 N–H and O–H groups in total. The molecule has 0 aromatic rings. The molecule has 18 heavy (non-hydrogen) atoms. The van der Waals surface area contributed by atoms with Gasteiger partial charge in [0.25, 0.3) is 0 Å². The largest absolute Gasteiger partial charge is 0.385 e. The van der Waals surface area contributed by atoms with Gasteiger partial charge in [-0.05, 0) is 20.3 Å². The molecule has 0 saturated carbocycles. The van der Waals surface area contributed by atoms with Gasteiger partial charge in [0, 0.05) is 33.4 Å². The Labute approximate surface area is 109 Å². The monoisotopic (exact) mass is 280 g/mol. The average Bonchev–Trinajstić information content (AvgIpc) is 2.27. The van der Waals surface area contributed by atoms with Crippen molar-refractivity contribution >= 4 is 10.0 Å². The van der Waals surface area contributed by atoms with Gasteiger partial charge in [-0.25, -0.2) is 8.42 Å². The van der Waals surface area contributed by atoms with Crippen molar-refractivity contribution in [3.05, 3.63) is 0 Å². The summed E-state index contributed by atoms with van der Waals surface area (Å²) in [4.78, 5) is 0. The molecule has 6 nitrogen and oxygen atoms in total. The minimum absolute atomic E-state index is 0.105. The number of nitrogens with two attached hydrogens (primary N) is 1. The second-order valence-electron chi connectivity index (χ2n) is 5.19. The number of hydrogen-bond acceptors (Lipinski definition) is 5. The summed E-state index contributed by atoms with van der Waals surface area (Å²) in [6, 6.07) is 0. The van der Waals surface area contributed by atoms with E-state index in [0.717, 1.165) is 0 Å². The van der Waals surface area contributed by atoms with E-state index in [-0.39, 0.29) is 11.9 Å². The van der Waals surface area contributed by atoms with Crippen LogP contribution in [0.3, 0.4) is 0 Å². The maximum absolute atomic E-state index is 12.2. The number of ether oxygens (including phenoxy) is 2. The molecule has 1 rings (SSSR count). The van der Waals surface area contributed by atoms with Gasteiger partial charge in [-0.1, -0.05) is 0 Å². The normalized spacial score (nSPS) is 25.2. The van der Waals surface area contributed by atoms with Crippen LogP contribution >= 0.6 is 0 Å². The maximum Gasteiger partial charge on any atom is 0.214 e. The van der Waals surface area contributed by atoms with E-state index in [9.17, 15) is 8.42 Å². The summed E-state index contributed by atoms with van der Waals surface area (Å²) < 4.78 is 36.5. The number of rotatable bonds is 6. The number of sulfonamides is 1. The summed E-state index contributed by atoms with van der Waals surface area (Å²) in [5, 5.41) is 0. The van der Waals surface area contributed by atoms with Gasteiger partial charge in [-0.3, -0.25) is 0 Å². The Kier molecular flexibility index (Phi) is 5.54. The lowest BCUT2D eigenvalue weighted by Crippen LogP contribution is -2.56. The van der Waals surface area contributed by atoms with Gasteiger partial charge in [0.05, 0.1) is 17.5 Å². The lowest BCUT2D eigenvalue weighted by molar-refractivity contribution is -0.112. The van der Waals surface area contributed by atoms with E-state index >= 15 is 0 Å². The second kappa shape index (κ2) is 6.29. The van der Waals surface area contributed by atoms with Gasteiger partial charge in [-0.15, -0.1) is 0 Å². The van der Waals surface area contributed by atoms with Gasteiger partial charge in [-0.2, -0.15) is 4.31 Å². The summed E-state index contributed by atoms with van der Waals surface area (Å²) >= 11 is 0. The molecule has 1 aliphatic rings. The molecule has 0 radical (unpaired) electrons. The van der Waals surface area contributed by atoms with E-state index in [1.165, 1.54) is 4.31 Å². The zero-order valence-corrected chi connectivity index (χ0v) is 12.2. The molecule has 1 fully saturated rings. The number of methoxy groups -OCH3 is 1. The SMILES string of the molecule is COCCCS(=O)(=O)N1CC(CN)OC(C)(C)C1. The highest BCUT2D eigenvalue weighted by atomic mass is 32.2. The van der Waals surface area contributed by atoms with E-state index in [0.29, 0.717) is 32.7 Å². The van der Waals surface area contributed by atoms with Crippen LogP contribution in [0.2, 0.25) is 0 Å². The van der Waals surface area contributed by atoms with E-state index in [4.69, 9.17) is 15.2 Å². The summed E-state index contributed by atoms with van der Waals surface area (Å²) in [5.41, 5.74) is 5.10. The quantitative estimate of drug-likeness (QED) is 0.681. The Bertz CT molecular complexity index is 356. The highest BCUT2D eigenvalue weighted by Gasteiger charge is 2.37. The Morgan fingerprint density at radius 3 is 2.72 bits per heavy atom. The van der Waals surface area contributed by atoms with Crippen molar-refractivity contribution in [3.63, 3.8) is 0 Å². The standard InChI is InChI=1S/C11H24N2O4S/c1-11(2)9-13(8-10(7-12)17-11)18(14,15)6-4-5-16-3/h10H,4-9,12H2,1-3H3. The first kappa shape index (κ1) is 15.8. The minimum atomic E-state index is -3.25. The van der Waals surface area contributed by atoms with Gasteiger partial charge >= 0.3 is 0 Å². The molecule has 0 aromatic heterocycles. The topological polar surface area (TPSA) is 81.9 Å². The van der Waals surface area contributed by atoms with Gasteiger partial charge in [0.15, 0.2) is 0 Å². The Morgan fingerprint density at radius 1 is 1.50 bits per heavy atom. The summed E-state index contributed by atoms with van der Waals surface area (Å²) in [6.07, 6.45) is 0.273. The summed E-state index contributed by atoms with van der Waals surface area (Å²) in [5.74, 6) is 0.105. The zero-order chi connectivity index (χ0) is 13.8. The van der Waals surface area contributed by atoms with E-state index in [1.54, 1.807) is 7.11 Å². The van der Waals surface area contributed by atoms with Crippen LogP contribution in [0.1, 0.15) is 20.3 Å². The third-order valence-electron chi connectivity index (χ3n) is 2.86. The predicted octanol–water partition coefficient (Wildman–Crippen LogP) is -0.209. The molecule has 0 bridgehead atoms. The number of nitrogens with zero attached hydrogens (tertiary/aromatic N) is 1. The van der Waals surface area contributed by atoms with Crippen LogP contribution in [-0.4, -0.2) is 63.5 Å². The molecule has 7 heteroatoms. The van der Waals surface area contributed by atoms with Crippen LogP contribution < -0.4 is 5.73 Å². The summed E-state index contributed by atoms with van der Waals surface area (Å²) in [7, 11) is -1.69. The maximum atomic E-state index is 12.2. The van der Waals surface area contributed by atoms with Crippen LogP contribution in [0, 0.1) is 0 Å². The first-order valence-electron chi connectivity index (χ1n) is 6.15. The highest BCUT2D eigenvalue weighted by Crippen LogP contribution is 2.23. The van der Waals surface area contributed by atoms with Crippen molar-refractivity contribution in [2.45, 2.75) is 32.0 Å². The third-order valence-corrected chi connectivity index (χ3v) is 4.73. The average molecular weight is 280 g/mol. The summed E-state index contributed by atoms with van der Waals surface area (Å²) in [6.45, 7) is 5.26. The van der Waals surface area contributed by atoms with Gasteiger partial charge in [0.1, 0.15) is 0 Å². The van der Waals surface area contributed by atoms with Crippen molar-refractivity contribution in [1.82, 2.24) is 4.31 Å². The third kappa shape index (κ3) is 4.47. The number of morpholine rings is 1. The molecule has 1 saturated heterocycles. The predicted molar refractivity (Wildman–Crippen MR) is 69.9 cm³/mol. The molecule has 1 aliphatic heterocycles.